The summed E-state index contributed by atoms with van der Waals surface area (Å²) in [4.78, 5) is 2.74. The Bertz CT molecular complexity index is 725. The Kier molecular flexibility index (Phi) is 6.49. The third-order valence-corrected chi connectivity index (χ3v) is 7.17. The summed E-state index contributed by atoms with van der Waals surface area (Å²) in [5, 5.41) is 3.58. The maximum absolute atomic E-state index is 3.58. The first-order valence-corrected chi connectivity index (χ1v) is 11.3. The molecule has 2 aliphatic rings. The van der Waals surface area contributed by atoms with Gasteiger partial charge in [0.1, 0.15) is 0 Å². The van der Waals surface area contributed by atoms with E-state index < -0.39 is 0 Å². The molecule has 2 heteroatoms. The zero-order valence-corrected chi connectivity index (χ0v) is 17.5. The van der Waals surface area contributed by atoms with Crippen LogP contribution in [0.1, 0.15) is 48.8 Å². The topological polar surface area (TPSA) is 15.3 Å². The van der Waals surface area contributed by atoms with Crippen LogP contribution in [-0.4, -0.2) is 37.6 Å². The van der Waals surface area contributed by atoms with Crippen LogP contribution < -0.4 is 5.32 Å². The smallest absolute Gasteiger partial charge is 0.00102 e. The number of benzene rings is 2. The SMILES string of the molecule is Cc1cccc(C2(CCN3CCC(Cc4ccccc4)CC3)CCNCC2)c1. The van der Waals surface area contributed by atoms with Gasteiger partial charge < -0.3 is 10.2 Å². The molecule has 2 fully saturated rings. The van der Waals surface area contributed by atoms with Gasteiger partial charge in [-0.15, -0.1) is 0 Å². The van der Waals surface area contributed by atoms with E-state index in [1.54, 1.807) is 5.56 Å². The van der Waals surface area contributed by atoms with E-state index in [4.69, 9.17) is 0 Å². The predicted octanol–water partition coefficient (Wildman–Crippen LogP) is 4.96. The number of rotatable bonds is 6. The Morgan fingerprint density at radius 3 is 2.43 bits per heavy atom. The third kappa shape index (κ3) is 4.85. The third-order valence-electron chi connectivity index (χ3n) is 7.17. The second-order valence-electron chi connectivity index (χ2n) is 9.12. The molecule has 0 aliphatic carbocycles. The second-order valence-corrected chi connectivity index (χ2v) is 9.12. The van der Waals surface area contributed by atoms with Crippen LogP contribution in [0.25, 0.3) is 0 Å². The van der Waals surface area contributed by atoms with E-state index in [1.165, 1.54) is 69.3 Å². The van der Waals surface area contributed by atoms with Gasteiger partial charge in [0.15, 0.2) is 0 Å². The van der Waals surface area contributed by atoms with Crippen LogP contribution in [0, 0.1) is 12.8 Å². The number of nitrogens with zero attached hydrogens (tertiary/aromatic N) is 1. The summed E-state index contributed by atoms with van der Waals surface area (Å²) in [5.41, 5.74) is 4.86. The van der Waals surface area contributed by atoms with Crippen LogP contribution in [0.15, 0.2) is 54.6 Å². The average Bonchev–Trinajstić information content (AvgIpc) is 2.75. The van der Waals surface area contributed by atoms with Gasteiger partial charge in [-0.2, -0.15) is 0 Å². The highest BCUT2D eigenvalue weighted by molar-refractivity contribution is 5.30. The van der Waals surface area contributed by atoms with Crippen LogP contribution in [-0.2, 0) is 11.8 Å². The lowest BCUT2D eigenvalue weighted by atomic mass is 9.70. The number of hydrogen-bond donors (Lipinski definition) is 1. The highest BCUT2D eigenvalue weighted by Crippen LogP contribution is 2.37. The molecule has 0 saturated carbocycles. The molecule has 0 radical (unpaired) electrons. The average molecular weight is 377 g/mol. The van der Waals surface area contributed by atoms with Crippen LogP contribution in [0.4, 0.5) is 0 Å². The molecule has 1 N–H and O–H groups in total. The van der Waals surface area contributed by atoms with E-state index in [2.05, 4.69) is 71.7 Å². The summed E-state index contributed by atoms with van der Waals surface area (Å²) in [5.74, 6) is 0.864. The largest absolute Gasteiger partial charge is 0.317 e. The molecular weight excluding hydrogens is 340 g/mol. The van der Waals surface area contributed by atoms with Gasteiger partial charge in [-0.3, -0.25) is 0 Å². The zero-order chi connectivity index (χ0) is 19.2. The van der Waals surface area contributed by atoms with Crippen LogP contribution in [0.5, 0.6) is 0 Å². The fraction of sp³-hybridized carbons (Fsp3) is 0.538. The lowest BCUT2D eigenvalue weighted by Gasteiger charge is -2.41. The highest BCUT2D eigenvalue weighted by atomic mass is 15.1. The minimum atomic E-state index is 0.373. The summed E-state index contributed by atoms with van der Waals surface area (Å²) in [6.45, 7) is 8.36. The van der Waals surface area contributed by atoms with E-state index in [0.29, 0.717) is 5.41 Å². The fourth-order valence-corrected chi connectivity index (χ4v) is 5.30. The van der Waals surface area contributed by atoms with Crippen LogP contribution in [0.3, 0.4) is 0 Å². The molecular formula is C26H36N2. The van der Waals surface area contributed by atoms with Crippen molar-refractivity contribution in [1.29, 1.82) is 0 Å². The van der Waals surface area contributed by atoms with Crippen molar-refractivity contribution in [2.24, 2.45) is 5.92 Å². The fourth-order valence-electron chi connectivity index (χ4n) is 5.30. The molecule has 0 spiro atoms. The minimum Gasteiger partial charge on any atom is -0.317 e. The van der Waals surface area contributed by atoms with Crippen molar-refractivity contribution in [3.63, 3.8) is 0 Å². The van der Waals surface area contributed by atoms with Gasteiger partial charge in [0, 0.05) is 0 Å². The Labute approximate surface area is 171 Å². The predicted molar refractivity (Wildman–Crippen MR) is 119 cm³/mol. The first-order chi connectivity index (χ1) is 13.7. The standard InChI is InChI=1S/C26H36N2/c1-22-6-5-9-25(20-22)26(12-15-27-16-13-26)14-19-28-17-10-24(11-18-28)21-23-7-3-2-4-8-23/h2-9,20,24,27H,10-19,21H2,1H3. The molecule has 0 aromatic heterocycles. The Morgan fingerprint density at radius 2 is 1.71 bits per heavy atom. The summed E-state index contributed by atoms with van der Waals surface area (Å²) in [7, 11) is 0. The quantitative estimate of drug-likeness (QED) is 0.766. The van der Waals surface area contributed by atoms with E-state index >= 15 is 0 Å². The van der Waals surface area contributed by atoms with Gasteiger partial charge in [-0.05, 0) is 101 Å². The number of hydrogen-bond acceptors (Lipinski definition) is 2. The Balaban J connectivity index is 1.32. The van der Waals surface area contributed by atoms with E-state index in [1.807, 2.05) is 0 Å². The summed E-state index contributed by atoms with van der Waals surface area (Å²) < 4.78 is 0. The van der Waals surface area contributed by atoms with Gasteiger partial charge in [-0.1, -0.05) is 60.2 Å². The minimum absolute atomic E-state index is 0.373. The zero-order valence-electron chi connectivity index (χ0n) is 17.5. The first-order valence-electron chi connectivity index (χ1n) is 11.3. The monoisotopic (exact) mass is 376 g/mol. The van der Waals surface area contributed by atoms with Crippen molar-refractivity contribution >= 4 is 0 Å². The van der Waals surface area contributed by atoms with Crippen molar-refractivity contribution in [2.45, 2.75) is 50.9 Å². The number of piperidine rings is 2. The number of nitrogens with one attached hydrogen (secondary N) is 1. The summed E-state index contributed by atoms with van der Waals surface area (Å²) >= 11 is 0. The van der Waals surface area contributed by atoms with E-state index in [9.17, 15) is 0 Å². The number of likely N-dealkylation sites (tertiary alicyclic amines) is 1. The van der Waals surface area contributed by atoms with Crippen LogP contribution in [0.2, 0.25) is 0 Å². The Morgan fingerprint density at radius 1 is 0.964 bits per heavy atom. The molecule has 150 valence electrons. The molecule has 2 saturated heterocycles. The molecule has 4 rings (SSSR count). The molecule has 0 unspecified atom stereocenters. The van der Waals surface area contributed by atoms with E-state index in [-0.39, 0.29) is 0 Å². The van der Waals surface area contributed by atoms with Crippen molar-refractivity contribution in [2.75, 3.05) is 32.7 Å². The van der Waals surface area contributed by atoms with Crippen molar-refractivity contribution in [1.82, 2.24) is 10.2 Å². The van der Waals surface area contributed by atoms with Gasteiger partial charge in [0.25, 0.3) is 0 Å². The first kappa shape index (κ1) is 19.7. The van der Waals surface area contributed by atoms with Gasteiger partial charge in [-0.25, -0.2) is 0 Å². The maximum Gasteiger partial charge on any atom is -0.00102 e. The number of aryl methyl sites for hydroxylation is 1. The van der Waals surface area contributed by atoms with Gasteiger partial charge >= 0.3 is 0 Å². The summed E-state index contributed by atoms with van der Waals surface area (Å²) in [6.07, 6.45) is 7.83. The molecule has 2 aromatic rings. The van der Waals surface area contributed by atoms with E-state index in [0.717, 1.165) is 19.0 Å². The normalized spacial score (nSPS) is 20.9. The highest BCUT2D eigenvalue weighted by Gasteiger charge is 2.34. The molecule has 28 heavy (non-hydrogen) atoms. The molecule has 2 aliphatic heterocycles. The molecule has 0 bridgehead atoms. The maximum atomic E-state index is 3.58. The molecule has 0 amide bonds. The second kappa shape index (κ2) is 9.24. The van der Waals surface area contributed by atoms with Crippen LogP contribution >= 0.6 is 0 Å². The molecule has 2 nitrogen and oxygen atoms in total. The lowest BCUT2D eigenvalue weighted by Crippen LogP contribution is -2.43. The van der Waals surface area contributed by atoms with Crippen molar-refractivity contribution in [3.05, 3.63) is 71.3 Å². The Hall–Kier alpha value is -1.64. The van der Waals surface area contributed by atoms with Gasteiger partial charge in [0.05, 0.1) is 0 Å². The molecule has 2 heterocycles. The van der Waals surface area contributed by atoms with Crippen molar-refractivity contribution < 1.29 is 0 Å². The lowest BCUT2D eigenvalue weighted by molar-refractivity contribution is 0.158. The van der Waals surface area contributed by atoms with Gasteiger partial charge in [0.2, 0.25) is 0 Å². The molecule has 2 aromatic carbocycles. The molecule has 0 atom stereocenters. The summed E-state index contributed by atoms with van der Waals surface area (Å²) in [6, 6.07) is 20.4. The van der Waals surface area contributed by atoms with Crippen molar-refractivity contribution in [3.8, 4) is 0 Å².